The summed E-state index contributed by atoms with van der Waals surface area (Å²) in [4.78, 5) is 16.2. The molecule has 6 heteroatoms. The van der Waals surface area contributed by atoms with Gasteiger partial charge in [0, 0.05) is 5.39 Å². The number of hydrogen-bond acceptors (Lipinski definition) is 4. The number of rotatable bonds is 3. The van der Waals surface area contributed by atoms with Crippen molar-refractivity contribution in [2.75, 3.05) is 6.61 Å². The van der Waals surface area contributed by atoms with E-state index in [0.717, 1.165) is 10.9 Å². The second-order valence-corrected chi connectivity index (χ2v) is 4.70. The normalized spacial score (nSPS) is 10.8. The van der Waals surface area contributed by atoms with E-state index in [1.165, 1.54) is 10.9 Å². The maximum Gasteiger partial charge on any atom is 0.342 e. The van der Waals surface area contributed by atoms with Crippen molar-refractivity contribution >= 4 is 28.5 Å². The van der Waals surface area contributed by atoms with E-state index in [9.17, 15) is 4.79 Å². The van der Waals surface area contributed by atoms with Gasteiger partial charge < -0.3 is 4.74 Å². The molecule has 0 aliphatic carbocycles. The summed E-state index contributed by atoms with van der Waals surface area (Å²) >= 11 is 6.20. The Morgan fingerprint density at radius 2 is 2.10 bits per heavy atom. The van der Waals surface area contributed by atoms with Gasteiger partial charge in [0.15, 0.2) is 5.82 Å². The molecule has 5 nitrogen and oxygen atoms in total. The molecule has 2 heterocycles. The third-order valence-corrected chi connectivity index (χ3v) is 3.37. The maximum absolute atomic E-state index is 11.7. The van der Waals surface area contributed by atoms with E-state index in [-0.39, 0.29) is 17.3 Å². The summed E-state index contributed by atoms with van der Waals surface area (Å²) in [6.45, 7) is 2.02. The minimum absolute atomic E-state index is 0.191. The molecular formula is C15H12ClN3O2. The lowest BCUT2D eigenvalue weighted by molar-refractivity contribution is 0.0526. The number of nitrogens with zero attached hydrogens (tertiary/aromatic N) is 3. The van der Waals surface area contributed by atoms with Crippen molar-refractivity contribution in [3.8, 4) is 5.82 Å². The summed E-state index contributed by atoms with van der Waals surface area (Å²) in [6, 6.07) is 11.5. The van der Waals surface area contributed by atoms with Crippen LogP contribution in [0.25, 0.3) is 16.7 Å². The summed E-state index contributed by atoms with van der Waals surface area (Å²) in [5.74, 6) is 0.0591. The second-order valence-electron chi connectivity index (χ2n) is 4.34. The maximum atomic E-state index is 11.7. The van der Waals surface area contributed by atoms with Crippen molar-refractivity contribution in [3.63, 3.8) is 0 Å². The molecule has 106 valence electrons. The summed E-state index contributed by atoms with van der Waals surface area (Å²) in [6.07, 6.45) is 1.39. The van der Waals surface area contributed by atoms with Crippen LogP contribution in [0.2, 0.25) is 5.15 Å². The van der Waals surface area contributed by atoms with Crippen molar-refractivity contribution < 1.29 is 9.53 Å². The summed E-state index contributed by atoms with van der Waals surface area (Å²) < 4.78 is 6.35. The van der Waals surface area contributed by atoms with E-state index in [1.807, 2.05) is 30.3 Å². The number of carbonyl (C=O) groups excluding carboxylic acids is 1. The fraction of sp³-hybridized carbons (Fsp3) is 0.133. The van der Waals surface area contributed by atoms with Crippen LogP contribution < -0.4 is 0 Å². The second kappa shape index (κ2) is 5.54. The van der Waals surface area contributed by atoms with Gasteiger partial charge >= 0.3 is 5.97 Å². The molecule has 3 rings (SSSR count). The van der Waals surface area contributed by atoms with E-state index in [4.69, 9.17) is 16.3 Å². The van der Waals surface area contributed by atoms with Crippen LogP contribution in [0.15, 0.2) is 42.6 Å². The zero-order chi connectivity index (χ0) is 14.8. The lowest BCUT2D eigenvalue weighted by Crippen LogP contribution is -2.05. The number of ether oxygens (including phenoxy) is 1. The molecule has 0 saturated carbocycles. The molecule has 21 heavy (non-hydrogen) atoms. The first-order valence-corrected chi connectivity index (χ1v) is 6.85. The monoisotopic (exact) mass is 301 g/mol. The Labute approximate surface area is 126 Å². The number of pyridine rings is 1. The van der Waals surface area contributed by atoms with Crippen LogP contribution in [0.4, 0.5) is 0 Å². The predicted octanol–water partition coefficient (Wildman–Crippen LogP) is 3.25. The van der Waals surface area contributed by atoms with Gasteiger partial charge in [-0.1, -0.05) is 29.8 Å². The van der Waals surface area contributed by atoms with E-state index in [0.29, 0.717) is 5.82 Å². The van der Waals surface area contributed by atoms with Crippen molar-refractivity contribution in [1.29, 1.82) is 0 Å². The Kier molecular flexibility index (Phi) is 3.58. The Hall–Kier alpha value is -2.40. The van der Waals surface area contributed by atoms with Gasteiger partial charge in [-0.05, 0) is 25.1 Å². The first-order valence-electron chi connectivity index (χ1n) is 6.47. The van der Waals surface area contributed by atoms with Crippen LogP contribution in [0.1, 0.15) is 17.3 Å². The molecule has 0 aliphatic heterocycles. The van der Waals surface area contributed by atoms with Crippen molar-refractivity contribution in [3.05, 3.63) is 53.3 Å². The molecule has 0 radical (unpaired) electrons. The number of benzene rings is 1. The minimum Gasteiger partial charge on any atom is -0.462 e. The number of halogens is 1. The van der Waals surface area contributed by atoms with E-state index >= 15 is 0 Å². The van der Waals surface area contributed by atoms with Crippen LogP contribution in [0.5, 0.6) is 0 Å². The van der Waals surface area contributed by atoms with Crippen LogP contribution >= 0.6 is 11.6 Å². The lowest BCUT2D eigenvalue weighted by atomic mass is 10.2. The Bertz CT molecular complexity index is 814. The molecule has 0 spiro atoms. The number of aromatic nitrogens is 3. The third kappa shape index (κ3) is 2.48. The van der Waals surface area contributed by atoms with Gasteiger partial charge in [0.25, 0.3) is 0 Å². The molecular weight excluding hydrogens is 290 g/mol. The minimum atomic E-state index is -0.491. The number of esters is 1. The Balaban J connectivity index is 2.04. The van der Waals surface area contributed by atoms with Gasteiger partial charge in [0.1, 0.15) is 10.7 Å². The molecule has 0 aliphatic rings. The van der Waals surface area contributed by atoms with E-state index in [1.54, 1.807) is 13.0 Å². The summed E-state index contributed by atoms with van der Waals surface area (Å²) in [5, 5.41) is 5.33. The largest absolute Gasteiger partial charge is 0.462 e. The first-order chi connectivity index (χ1) is 10.2. The zero-order valence-corrected chi connectivity index (χ0v) is 12.0. The van der Waals surface area contributed by atoms with Crippen LogP contribution in [-0.4, -0.2) is 27.3 Å². The lowest BCUT2D eigenvalue weighted by Gasteiger charge is -2.04. The highest BCUT2D eigenvalue weighted by Crippen LogP contribution is 2.21. The zero-order valence-electron chi connectivity index (χ0n) is 11.3. The predicted molar refractivity (Wildman–Crippen MR) is 79.8 cm³/mol. The smallest absolute Gasteiger partial charge is 0.342 e. The molecule has 0 atom stereocenters. The van der Waals surface area contributed by atoms with Crippen LogP contribution in [0.3, 0.4) is 0 Å². The Morgan fingerprint density at radius 1 is 1.29 bits per heavy atom. The molecule has 0 saturated heterocycles. The number of carbonyl (C=O) groups is 1. The highest BCUT2D eigenvalue weighted by Gasteiger charge is 2.18. The van der Waals surface area contributed by atoms with Crippen molar-refractivity contribution in [2.45, 2.75) is 6.92 Å². The van der Waals surface area contributed by atoms with Crippen LogP contribution in [0, 0.1) is 0 Å². The van der Waals surface area contributed by atoms with Crippen molar-refractivity contribution in [1.82, 2.24) is 14.8 Å². The fourth-order valence-corrected chi connectivity index (χ4v) is 2.27. The highest BCUT2D eigenvalue weighted by atomic mass is 35.5. The molecule has 0 amide bonds. The summed E-state index contributed by atoms with van der Waals surface area (Å²) in [5.41, 5.74) is 1.06. The number of hydrogen-bond donors (Lipinski definition) is 0. The Morgan fingerprint density at radius 3 is 2.90 bits per heavy atom. The van der Waals surface area contributed by atoms with Gasteiger partial charge in [0.2, 0.25) is 0 Å². The summed E-state index contributed by atoms with van der Waals surface area (Å²) in [7, 11) is 0. The van der Waals surface area contributed by atoms with Gasteiger partial charge in [-0.2, -0.15) is 5.10 Å². The van der Waals surface area contributed by atoms with Gasteiger partial charge in [-0.3, -0.25) is 0 Å². The molecule has 1 aromatic carbocycles. The first kappa shape index (κ1) is 13.6. The third-order valence-electron chi connectivity index (χ3n) is 3.01. The quantitative estimate of drug-likeness (QED) is 0.697. The topological polar surface area (TPSA) is 57.0 Å². The highest BCUT2D eigenvalue weighted by molar-refractivity contribution is 6.32. The van der Waals surface area contributed by atoms with Gasteiger partial charge in [-0.15, -0.1) is 0 Å². The van der Waals surface area contributed by atoms with E-state index < -0.39 is 5.97 Å². The average Bonchev–Trinajstić information content (AvgIpc) is 2.89. The molecule has 3 aromatic rings. The SMILES string of the molecule is CCOC(=O)c1cnn(-c2ccc3ccccc3n2)c1Cl. The molecule has 0 N–H and O–H groups in total. The number of fused-ring (bicyclic) bond motifs is 1. The van der Waals surface area contributed by atoms with Gasteiger partial charge in [0.05, 0.1) is 18.3 Å². The average molecular weight is 302 g/mol. The molecule has 0 unspecified atom stereocenters. The van der Waals surface area contributed by atoms with E-state index in [2.05, 4.69) is 10.1 Å². The van der Waals surface area contributed by atoms with Crippen LogP contribution in [-0.2, 0) is 4.74 Å². The molecule has 2 aromatic heterocycles. The molecule has 0 fully saturated rings. The van der Waals surface area contributed by atoms with Crippen molar-refractivity contribution in [2.24, 2.45) is 0 Å². The molecule has 0 bridgehead atoms. The standard InChI is InChI=1S/C15H12ClN3O2/c1-2-21-15(20)11-9-17-19(14(11)16)13-8-7-10-5-3-4-6-12(10)18-13/h3-9H,2H2,1H3. The number of para-hydroxylation sites is 1. The van der Waals surface area contributed by atoms with Gasteiger partial charge in [-0.25, -0.2) is 14.5 Å². The fourth-order valence-electron chi connectivity index (χ4n) is 2.01.